The molecule has 1 aliphatic heterocycles. The lowest BCUT2D eigenvalue weighted by molar-refractivity contribution is -0.137. The number of carbonyl (C=O) groups excluding carboxylic acids is 2. The van der Waals surface area contributed by atoms with E-state index < -0.39 is 12.1 Å². The average molecular weight is 285 g/mol. The monoisotopic (exact) mass is 285 g/mol. The van der Waals surface area contributed by atoms with E-state index >= 15 is 0 Å². The third-order valence-corrected chi connectivity index (χ3v) is 3.51. The number of carboxylic acids is 1. The van der Waals surface area contributed by atoms with E-state index in [0.717, 1.165) is 12.8 Å². The van der Waals surface area contributed by atoms with E-state index in [4.69, 9.17) is 5.11 Å². The number of hydrogen-bond acceptors (Lipinski definition) is 4. The maximum atomic E-state index is 12.3. The molecule has 0 aromatic carbocycles. The Balaban J connectivity index is 1.89. The minimum Gasteiger partial charge on any atom is -0.480 e. The summed E-state index contributed by atoms with van der Waals surface area (Å²) >= 11 is 0. The van der Waals surface area contributed by atoms with Crippen molar-refractivity contribution in [3.05, 3.63) is 0 Å². The lowest BCUT2D eigenvalue weighted by Crippen LogP contribution is -2.47. The summed E-state index contributed by atoms with van der Waals surface area (Å²) in [7, 11) is 1.29. The lowest BCUT2D eigenvalue weighted by Gasteiger charge is -2.26. The molecule has 0 aromatic rings. The molecule has 20 heavy (non-hydrogen) atoms. The number of rotatable bonds is 4. The second kappa shape index (κ2) is 5.98. The summed E-state index contributed by atoms with van der Waals surface area (Å²) in [6, 6.07) is -0.354. The summed E-state index contributed by atoms with van der Waals surface area (Å²) in [6.45, 7) is 0.627. The van der Waals surface area contributed by atoms with Gasteiger partial charge in [-0.25, -0.2) is 9.59 Å². The second-order valence-corrected chi connectivity index (χ2v) is 5.10. The first kappa shape index (κ1) is 14.4. The highest BCUT2D eigenvalue weighted by molar-refractivity contribution is 5.81. The van der Waals surface area contributed by atoms with Crippen molar-refractivity contribution >= 4 is 18.1 Å². The van der Waals surface area contributed by atoms with Crippen molar-refractivity contribution in [1.29, 1.82) is 0 Å². The predicted octanol–water partition coefficient (Wildman–Crippen LogP) is 0.0857. The van der Waals surface area contributed by atoms with Crippen molar-refractivity contribution < 1.29 is 24.2 Å². The van der Waals surface area contributed by atoms with Gasteiger partial charge in [-0.05, 0) is 19.3 Å². The highest BCUT2D eigenvalue weighted by Crippen LogP contribution is 2.28. The number of nitrogens with zero attached hydrogens (tertiary/aromatic N) is 2. The van der Waals surface area contributed by atoms with Gasteiger partial charge in [-0.1, -0.05) is 0 Å². The molecule has 2 fully saturated rings. The van der Waals surface area contributed by atoms with Gasteiger partial charge in [-0.3, -0.25) is 4.79 Å². The minimum absolute atomic E-state index is 0.0474. The molecular formula is C12H19N3O5. The smallest absolute Gasteiger partial charge is 0.407 e. The number of carboxylic acid groups (broad SMARTS) is 1. The summed E-state index contributed by atoms with van der Waals surface area (Å²) in [4.78, 5) is 37.2. The second-order valence-electron chi connectivity index (χ2n) is 5.10. The van der Waals surface area contributed by atoms with Crippen LogP contribution in [0.3, 0.4) is 0 Å². The molecule has 1 atom stereocenters. The van der Waals surface area contributed by atoms with Crippen molar-refractivity contribution in [2.75, 3.05) is 26.7 Å². The van der Waals surface area contributed by atoms with Crippen LogP contribution in [-0.4, -0.2) is 71.8 Å². The zero-order valence-corrected chi connectivity index (χ0v) is 11.4. The standard InChI is InChI=1S/C12H19N3O5/c1-20-11(18)13-8-4-5-14(6-8)12(19)15(7-10(16)17)9-2-3-9/h8-9H,2-7H2,1H3,(H,13,18)(H,16,17). The Labute approximate surface area is 116 Å². The molecule has 2 rings (SSSR count). The Hall–Kier alpha value is -1.99. The van der Waals surface area contributed by atoms with Crippen molar-refractivity contribution in [2.45, 2.75) is 31.3 Å². The van der Waals surface area contributed by atoms with E-state index in [-0.39, 0.29) is 24.7 Å². The van der Waals surface area contributed by atoms with E-state index in [1.807, 2.05) is 0 Å². The third-order valence-electron chi connectivity index (χ3n) is 3.51. The maximum Gasteiger partial charge on any atom is 0.407 e. The van der Waals surface area contributed by atoms with Crippen LogP contribution in [0, 0.1) is 0 Å². The molecule has 1 unspecified atom stereocenters. The quantitative estimate of drug-likeness (QED) is 0.762. The summed E-state index contributed by atoms with van der Waals surface area (Å²) in [6.07, 6.45) is 1.84. The predicted molar refractivity (Wildman–Crippen MR) is 68.3 cm³/mol. The van der Waals surface area contributed by atoms with Gasteiger partial charge in [-0.2, -0.15) is 0 Å². The molecule has 1 saturated carbocycles. The van der Waals surface area contributed by atoms with E-state index in [1.165, 1.54) is 12.0 Å². The zero-order chi connectivity index (χ0) is 14.7. The number of hydrogen-bond donors (Lipinski definition) is 2. The number of ether oxygens (including phenoxy) is 1. The van der Waals surface area contributed by atoms with Crippen LogP contribution in [0.4, 0.5) is 9.59 Å². The fourth-order valence-corrected chi connectivity index (χ4v) is 2.34. The molecule has 112 valence electrons. The van der Waals surface area contributed by atoms with Crippen molar-refractivity contribution in [1.82, 2.24) is 15.1 Å². The molecule has 1 saturated heterocycles. The molecule has 0 bridgehead atoms. The van der Waals surface area contributed by atoms with Gasteiger partial charge in [0.2, 0.25) is 0 Å². The van der Waals surface area contributed by atoms with Gasteiger partial charge in [0.1, 0.15) is 6.54 Å². The fraction of sp³-hybridized carbons (Fsp3) is 0.750. The SMILES string of the molecule is COC(=O)NC1CCN(C(=O)N(CC(=O)O)C2CC2)C1. The molecule has 0 spiro atoms. The number of alkyl carbamates (subject to hydrolysis) is 1. The van der Waals surface area contributed by atoms with E-state index in [1.54, 1.807) is 4.90 Å². The number of urea groups is 1. The maximum absolute atomic E-state index is 12.3. The average Bonchev–Trinajstić information content (AvgIpc) is 3.15. The molecule has 2 N–H and O–H groups in total. The van der Waals surface area contributed by atoms with Crippen LogP contribution in [0.15, 0.2) is 0 Å². The van der Waals surface area contributed by atoms with Gasteiger partial charge in [0, 0.05) is 19.1 Å². The van der Waals surface area contributed by atoms with Crippen LogP contribution in [0.5, 0.6) is 0 Å². The summed E-state index contributed by atoms with van der Waals surface area (Å²) in [5.74, 6) is -1.01. The number of amides is 3. The summed E-state index contributed by atoms with van der Waals surface area (Å²) < 4.78 is 4.51. The van der Waals surface area contributed by atoms with Gasteiger partial charge in [0.05, 0.1) is 13.2 Å². The van der Waals surface area contributed by atoms with Crippen LogP contribution in [0.1, 0.15) is 19.3 Å². The van der Waals surface area contributed by atoms with Gasteiger partial charge in [0.15, 0.2) is 0 Å². The molecule has 8 heteroatoms. The normalized spacial score (nSPS) is 21.4. The number of carbonyl (C=O) groups is 3. The minimum atomic E-state index is -1.01. The number of aliphatic carboxylic acids is 1. The first-order chi connectivity index (χ1) is 9.51. The van der Waals surface area contributed by atoms with Crippen LogP contribution >= 0.6 is 0 Å². The molecular weight excluding hydrogens is 266 g/mol. The van der Waals surface area contributed by atoms with Crippen molar-refractivity contribution in [3.63, 3.8) is 0 Å². The van der Waals surface area contributed by atoms with Gasteiger partial charge >= 0.3 is 18.1 Å². The van der Waals surface area contributed by atoms with Crippen LogP contribution < -0.4 is 5.32 Å². The highest BCUT2D eigenvalue weighted by atomic mass is 16.5. The molecule has 0 aromatic heterocycles. The Morgan fingerprint density at radius 3 is 2.60 bits per heavy atom. The van der Waals surface area contributed by atoms with E-state index in [9.17, 15) is 14.4 Å². The molecule has 0 radical (unpaired) electrons. The summed E-state index contributed by atoms with van der Waals surface area (Å²) in [5.41, 5.74) is 0. The largest absolute Gasteiger partial charge is 0.480 e. The molecule has 8 nitrogen and oxygen atoms in total. The lowest BCUT2D eigenvalue weighted by atomic mass is 10.3. The van der Waals surface area contributed by atoms with Gasteiger partial charge in [-0.15, -0.1) is 0 Å². The zero-order valence-electron chi connectivity index (χ0n) is 11.4. The Morgan fingerprint density at radius 1 is 1.35 bits per heavy atom. The van der Waals surface area contributed by atoms with Crippen molar-refractivity contribution in [2.24, 2.45) is 0 Å². The van der Waals surface area contributed by atoms with Crippen LogP contribution in [-0.2, 0) is 9.53 Å². The number of likely N-dealkylation sites (tertiary alicyclic amines) is 1. The van der Waals surface area contributed by atoms with Crippen LogP contribution in [0.2, 0.25) is 0 Å². The van der Waals surface area contributed by atoms with E-state index in [0.29, 0.717) is 19.5 Å². The molecule has 1 aliphatic carbocycles. The Kier molecular flexibility index (Phi) is 4.31. The first-order valence-electron chi connectivity index (χ1n) is 6.63. The third kappa shape index (κ3) is 3.52. The summed E-state index contributed by atoms with van der Waals surface area (Å²) in [5, 5.41) is 11.5. The Bertz CT molecular complexity index is 410. The molecule has 3 amide bonds. The van der Waals surface area contributed by atoms with Gasteiger partial charge < -0.3 is 25.0 Å². The van der Waals surface area contributed by atoms with Gasteiger partial charge in [0.25, 0.3) is 0 Å². The molecule has 2 aliphatic rings. The fourth-order valence-electron chi connectivity index (χ4n) is 2.34. The number of methoxy groups -OCH3 is 1. The van der Waals surface area contributed by atoms with E-state index in [2.05, 4.69) is 10.1 Å². The topological polar surface area (TPSA) is 99.2 Å². The molecule has 1 heterocycles. The highest BCUT2D eigenvalue weighted by Gasteiger charge is 2.38. The first-order valence-corrected chi connectivity index (χ1v) is 6.63. The Morgan fingerprint density at radius 2 is 2.05 bits per heavy atom. The van der Waals surface area contributed by atoms with Crippen LogP contribution in [0.25, 0.3) is 0 Å². The van der Waals surface area contributed by atoms with Crippen molar-refractivity contribution in [3.8, 4) is 0 Å². The number of nitrogens with one attached hydrogen (secondary N) is 1.